The van der Waals surface area contributed by atoms with E-state index in [1.807, 2.05) is 26.0 Å². The van der Waals surface area contributed by atoms with Gasteiger partial charge < -0.3 is 9.16 Å². The number of benzene rings is 3. The Morgan fingerprint density at radius 3 is 1.94 bits per heavy atom. The molecule has 3 aromatic rings. The van der Waals surface area contributed by atoms with Crippen LogP contribution < -0.4 is 10.4 Å². The maximum Gasteiger partial charge on any atom is 0.313 e. The molecule has 3 aromatic carbocycles. The van der Waals surface area contributed by atoms with Gasteiger partial charge in [0, 0.05) is 0 Å². The number of ether oxygens (including phenoxy) is 1. The molecule has 0 radical (unpaired) electrons. The summed E-state index contributed by atoms with van der Waals surface area (Å²) in [5.41, 5.74) is 2.01. The van der Waals surface area contributed by atoms with Crippen molar-refractivity contribution in [3.8, 4) is 0 Å². The van der Waals surface area contributed by atoms with E-state index in [0.717, 1.165) is 11.1 Å². The second kappa shape index (κ2) is 10.3. The van der Waals surface area contributed by atoms with Crippen LogP contribution in [0.25, 0.3) is 0 Å². The highest BCUT2D eigenvalue weighted by Gasteiger charge is 2.50. The molecular weight excluding hydrogens is 412 g/mol. The predicted molar refractivity (Wildman–Crippen MR) is 134 cm³/mol. The summed E-state index contributed by atoms with van der Waals surface area (Å²) in [4.78, 5) is 12.2. The first kappa shape index (κ1) is 24.0. The second-order valence-corrected chi connectivity index (χ2v) is 13.5. The van der Waals surface area contributed by atoms with Crippen LogP contribution in [-0.4, -0.2) is 20.9 Å². The molecule has 4 heteroatoms. The van der Waals surface area contributed by atoms with Gasteiger partial charge in [0.05, 0.1) is 19.1 Å². The van der Waals surface area contributed by atoms with Crippen LogP contribution in [0.2, 0.25) is 5.04 Å². The first-order valence-electron chi connectivity index (χ1n) is 11.3. The lowest BCUT2D eigenvalue weighted by Crippen LogP contribution is -2.66. The summed E-state index contributed by atoms with van der Waals surface area (Å²) in [5, 5.41) is 2.44. The SMILES string of the molecule is CCOC(=O)[C@@H](C)c1cccc(CO[Si](c2ccccc2)(c2ccccc2)C(C)(C)C)c1. The standard InChI is InChI=1S/C28H34O3Si/c1-6-30-27(29)22(2)24-15-13-14-23(20-24)21-31-32(28(3,4)5,25-16-9-7-10-17-25)26-18-11-8-12-19-26/h7-20,22H,6,21H2,1-5H3/t22-/m0/s1. The van der Waals surface area contributed by atoms with Gasteiger partial charge in [-0.1, -0.05) is 106 Å². The molecule has 3 nitrogen and oxygen atoms in total. The van der Waals surface area contributed by atoms with Crippen molar-refractivity contribution < 1.29 is 14.0 Å². The Hall–Kier alpha value is -2.69. The average molecular weight is 447 g/mol. The number of esters is 1. The lowest BCUT2D eigenvalue weighted by atomic mass is 9.99. The molecule has 0 saturated heterocycles. The molecular formula is C28H34O3Si. The van der Waals surface area contributed by atoms with Crippen LogP contribution in [-0.2, 0) is 20.6 Å². The van der Waals surface area contributed by atoms with E-state index in [1.165, 1.54) is 10.4 Å². The summed E-state index contributed by atoms with van der Waals surface area (Å²) in [6, 6.07) is 29.4. The smallest absolute Gasteiger partial charge is 0.313 e. The van der Waals surface area contributed by atoms with Gasteiger partial charge in [-0.15, -0.1) is 0 Å². The highest BCUT2D eigenvalue weighted by atomic mass is 28.4. The molecule has 0 aliphatic carbocycles. The first-order valence-corrected chi connectivity index (χ1v) is 13.2. The Kier molecular flexibility index (Phi) is 7.70. The lowest BCUT2D eigenvalue weighted by molar-refractivity contribution is -0.144. The van der Waals surface area contributed by atoms with Gasteiger partial charge in [0.2, 0.25) is 0 Å². The molecule has 0 bridgehead atoms. The minimum absolute atomic E-state index is 0.0778. The fourth-order valence-electron chi connectivity index (χ4n) is 4.31. The van der Waals surface area contributed by atoms with E-state index in [2.05, 4.69) is 93.6 Å². The van der Waals surface area contributed by atoms with Crippen molar-refractivity contribution in [3.05, 3.63) is 96.1 Å². The number of hydrogen-bond donors (Lipinski definition) is 0. The van der Waals surface area contributed by atoms with Crippen LogP contribution in [0.4, 0.5) is 0 Å². The molecule has 0 saturated carbocycles. The monoisotopic (exact) mass is 446 g/mol. The van der Waals surface area contributed by atoms with Crippen molar-refractivity contribution in [1.29, 1.82) is 0 Å². The molecule has 0 amide bonds. The number of rotatable bonds is 8. The summed E-state index contributed by atoms with van der Waals surface area (Å²) >= 11 is 0. The molecule has 0 fully saturated rings. The van der Waals surface area contributed by atoms with Crippen molar-refractivity contribution >= 4 is 24.7 Å². The zero-order chi connectivity index (χ0) is 23.2. The van der Waals surface area contributed by atoms with E-state index in [-0.39, 0.29) is 16.9 Å². The number of carbonyl (C=O) groups is 1. The minimum Gasteiger partial charge on any atom is -0.466 e. The summed E-state index contributed by atoms with van der Waals surface area (Å²) < 4.78 is 12.2. The van der Waals surface area contributed by atoms with Crippen LogP contribution in [0.1, 0.15) is 51.7 Å². The van der Waals surface area contributed by atoms with E-state index >= 15 is 0 Å². The van der Waals surface area contributed by atoms with Gasteiger partial charge in [-0.25, -0.2) is 0 Å². The molecule has 3 rings (SSSR count). The van der Waals surface area contributed by atoms with E-state index in [1.54, 1.807) is 0 Å². The van der Waals surface area contributed by atoms with Crippen LogP contribution in [0, 0.1) is 0 Å². The predicted octanol–water partition coefficient (Wildman–Crippen LogP) is 5.43. The number of hydrogen-bond acceptors (Lipinski definition) is 3. The van der Waals surface area contributed by atoms with E-state index in [0.29, 0.717) is 13.2 Å². The summed E-state index contributed by atoms with van der Waals surface area (Å²) in [6.07, 6.45) is 0. The molecule has 32 heavy (non-hydrogen) atoms. The van der Waals surface area contributed by atoms with Crippen LogP contribution in [0.5, 0.6) is 0 Å². The second-order valence-electron chi connectivity index (χ2n) is 9.17. The highest BCUT2D eigenvalue weighted by Crippen LogP contribution is 2.37. The van der Waals surface area contributed by atoms with Gasteiger partial charge in [0.15, 0.2) is 0 Å². The Bertz CT molecular complexity index is 970. The molecule has 0 spiro atoms. The summed E-state index contributed by atoms with van der Waals surface area (Å²) in [5.74, 6) is -0.500. The van der Waals surface area contributed by atoms with Crippen LogP contribution in [0.3, 0.4) is 0 Å². The Labute approximate surface area is 193 Å². The third-order valence-corrected chi connectivity index (χ3v) is 10.9. The van der Waals surface area contributed by atoms with Crippen LogP contribution >= 0.6 is 0 Å². The molecule has 0 N–H and O–H groups in total. The first-order chi connectivity index (χ1) is 15.3. The van der Waals surface area contributed by atoms with Gasteiger partial charge in [0.1, 0.15) is 0 Å². The lowest BCUT2D eigenvalue weighted by Gasteiger charge is -2.43. The normalized spacial score (nSPS) is 12.9. The topological polar surface area (TPSA) is 35.5 Å². The molecule has 168 valence electrons. The molecule has 1 atom stereocenters. The highest BCUT2D eigenvalue weighted by molar-refractivity contribution is 6.99. The Morgan fingerprint density at radius 1 is 0.875 bits per heavy atom. The fourth-order valence-corrected chi connectivity index (χ4v) is 8.85. The zero-order valence-corrected chi connectivity index (χ0v) is 20.8. The maximum absolute atomic E-state index is 12.2. The molecule has 0 aliphatic heterocycles. The van der Waals surface area contributed by atoms with E-state index in [4.69, 9.17) is 9.16 Å². The van der Waals surface area contributed by atoms with E-state index < -0.39 is 8.32 Å². The zero-order valence-electron chi connectivity index (χ0n) is 19.8. The van der Waals surface area contributed by atoms with Crippen molar-refractivity contribution in [1.82, 2.24) is 0 Å². The van der Waals surface area contributed by atoms with Crippen LogP contribution in [0.15, 0.2) is 84.9 Å². The summed E-state index contributed by atoms with van der Waals surface area (Å²) in [7, 11) is -2.60. The number of carbonyl (C=O) groups excluding carboxylic acids is 1. The third kappa shape index (κ3) is 5.03. The largest absolute Gasteiger partial charge is 0.466 e. The van der Waals surface area contributed by atoms with Gasteiger partial charge in [0.25, 0.3) is 8.32 Å². The van der Waals surface area contributed by atoms with Gasteiger partial charge in [-0.2, -0.15) is 0 Å². The Morgan fingerprint density at radius 2 is 1.44 bits per heavy atom. The van der Waals surface area contributed by atoms with Gasteiger partial charge in [-0.05, 0) is 40.4 Å². The molecule has 0 heterocycles. The van der Waals surface area contributed by atoms with Crippen molar-refractivity contribution in [3.63, 3.8) is 0 Å². The molecule has 0 unspecified atom stereocenters. The van der Waals surface area contributed by atoms with E-state index in [9.17, 15) is 4.79 Å². The fraction of sp³-hybridized carbons (Fsp3) is 0.321. The quantitative estimate of drug-likeness (QED) is 0.342. The third-order valence-electron chi connectivity index (χ3n) is 5.96. The summed E-state index contributed by atoms with van der Waals surface area (Å²) in [6.45, 7) is 11.4. The molecule has 0 aliphatic rings. The maximum atomic E-state index is 12.2. The average Bonchev–Trinajstić information content (AvgIpc) is 2.80. The van der Waals surface area contributed by atoms with Crippen molar-refractivity contribution in [2.24, 2.45) is 0 Å². The minimum atomic E-state index is -2.60. The van der Waals surface area contributed by atoms with Gasteiger partial charge >= 0.3 is 5.97 Å². The van der Waals surface area contributed by atoms with Gasteiger partial charge in [-0.3, -0.25) is 4.79 Å². The molecule has 0 aromatic heterocycles. The Balaban J connectivity index is 1.99. The van der Waals surface area contributed by atoms with Crippen molar-refractivity contribution in [2.75, 3.05) is 6.61 Å². The van der Waals surface area contributed by atoms with Crippen molar-refractivity contribution in [2.45, 2.75) is 52.2 Å².